The van der Waals surface area contributed by atoms with E-state index in [1.807, 2.05) is 25.9 Å². The zero-order valence-corrected chi connectivity index (χ0v) is 13.7. The second-order valence-corrected chi connectivity index (χ2v) is 7.25. The van der Waals surface area contributed by atoms with E-state index in [2.05, 4.69) is 4.72 Å². The monoisotopic (exact) mass is 299 g/mol. The molecule has 6 heteroatoms. The number of rotatable bonds is 6. The van der Waals surface area contributed by atoms with Crippen LogP contribution < -0.4 is 10.5 Å². The predicted molar refractivity (Wildman–Crippen MR) is 83.3 cm³/mol. The van der Waals surface area contributed by atoms with Gasteiger partial charge in [0.2, 0.25) is 10.0 Å². The molecule has 0 fully saturated rings. The van der Waals surface area contributed by atoms with Crippen LogP contribution in [0.3, 0.4) is 0 Å². The van der Waals surface area contributed by atoms with E-state index in [0.29, 0.717) is 21.7 Å². The number of aryl methyl sites for hydroxylation is 2. The van der Waals surface area contributed by atoms with Crippen LogP contribution in [0.4, 0.5) is 5.69 Å². The van der Waals surface area contributed by atoms with E-state index in [4.69, 9.17) is 5.73 Å². The van der Waals surface area contributed by atoms with Crippen LogP contribution in [0.1, 0.15) is 24.5 Å². The molecule has 0 saturated carbocycles. The quantitative estimate of drug-likeness (QED) is 0.781. The molecule has 0 aliphatic rings. The van der Waals surface area contributed by atoms with Gasteiger partial charge in [-0.25, -0.2) is 13.1 Å². The first kappa shape index (κ1) is 16.9. The Balaban J connectivity index is 2.95. The number of sulfonamides is 1. The Hall–Kier alpha value is -1.11. The number of nitrogens with zero attached hydrogens (tertiary/aromatic N) is 1. The summed E-state index contributed by atoms with van der Waals surface area (Å²) in [5.74, 6) is 0. The van der Waals surface area contributed by atoms with Gasteiger partial charge in [-0.15, -0.1) is 0 Å². The first-order valence-electron chi connectivity index (χ1n) is 6.67. The zero-order valence-electron chi connectivity index (χ0n) is 12.9. The number of nitrogens with one attached hydrogen (secondary N) is 1. The third kappa shape index (κ3) is 4.47. The Labute approximate surface area is 122 Å². The molecule has 3 N–H and O–H groups in total. The highest BCUT2D eigenvalue weighted by Crippen LogP contribution is 2.23. The lowest BCUT2D eigenvalue weighted by Gasteiger charge is -2.19. The van der Waals surface area contributed by atoms with Crippen molar-refractivity contribution < 1.29 is 8.42 Å². The summed E-state index contributed by atoms with van der Waals surface area (Å²) in [5, 5.41) is 0. The first-order chi connectivity index (χ1) is 9.13. The van der Waals surface area contributed by atoms with E-state index in [9.17, 15) is 8.42 Å². The Morgan fingerprint density at radius 3 is 2.20 bits per heavy atom. The Morgan fingerprint density at radius 2 is 1.75 bits per heavy atom. The van der Waals surface area contributed by atoms with Crippen LogP contribution in [-0.4, -0.2) is 40.0 Å². The van der Waals surface area contributed by atoms with Gasteiger partial charge in [-0.1, -0.05) is 0 Å². The van der Waals surface area contributed by atoms with Crippen molar-refractivity contribution in [2.75, 3.05) is 26.4 Å². The van der Waals surface area contributed by atoms with Gasteiger partial charge in [0.05, 0.1) is 4.90 Å². The maximum absolute atomic E-state index is 12.5. The summed E-state index contributed by atoms with van der Waals surface area (Å²) in [6.45, 7) is 6.25. The lowest BCUT2D eigenvalue weighted by molar-refractivity contribution is 0.379. The topological polar surface area (TPSA) is 75.4 Å². The second-order valence-electron chi connectivity index (χ2n) is 5.60. The number of anilines is 1. The molecule has 0 saturated heterocycles. The molecule has 0 amide bonds. The Bertz CT molecular complexity index is 545. The largest absolute Gasteiger partial charge is 0.399 e. The molecule has 0 heterocycles. The van der Waals surface area contributed by atoms with Crippen molar-refractivity contribution in [2.24, 2.45) is 0 Å². The lowest BCUT2D eigenvalue weighted by Crippen LogP contribution is -2.35. The minimum absolute atomic E-state index is 0.112. The second kappa shape index (κ2) is 6.56. The van der Waals surface area contributed by atoms with E-state index in [1.54, 1.807) is 26.0 Å². The van der Waals surface area contributed by atoms with Gasteiger partial charge in [0.15, 0.2) is 0 Å². The zero-order chi connectivity index (χ0) is 15.5. The maximum atomic E-state index is 12.5. The molecule has 1 aromatic carbocycles. The molecule has 1 aromatic rings. The Kier molecular flexibility index (Phi) is 5.56. The van der Waals surface area contributed by atoms with Gasteiger partial charge in [0, 0.05) is 11.7 Å². The van der Waals surface area contributed by atoms with Crippen LogP contribution in [0.2, 0.25) is 0 Å². The summed E-state index contributed by atoms with van der Waals surface area (Å²) in [6.07, 6.45) is 0.763. The smallest absolute Gasteiger partial charge is 0.241 e. The molecule has 1 unspecified atom stereocenters. The number of hydrogen-bond donors (Lipinski definition) is 2. The van der Waals surface area contributed by atoms with Crippen LogP contribution in [0.15, 0.2) is 17.0 Å². The SMILES string of the molecule is Cc1cc(N)cc(C)c1S(=O)(=O)NC(C)CCN(C)C. The molecule has 1 atom stereocenters. The van der Waals surface area contributed by atoms with Crippen LogP contribution in [0, 0.1) is 13.8 Å². The summed E-state index contributed by atoms with van der Waals surface area (Å²) < 4.78 is 27.7. The first-order valence-corrected chi connectivity index (χ1v) is 8.15. The molecule has 0 radical (unpaired) electrons. The summed E-state index contributed by atoms with van der Waals surface area (Å²) in [5.41, 5.74) is 7.67. The third-order valence-corrected chi connectivity index (χ3v) is 5.01. The lowest BCUT2D eigenvalue weighted by atomic mass is 10.1. The molecule has 0 spiro atoms. The molecule has 0 bridgehead atoms. The molecule has 0 aliphatic heterocycles. The van der Waals surface area contributed by atoms with Crippen molar-refractivity contribution in [3.8, 4) is 0 Å². The van der Waals surface area contributed by atoms with Gasteiger partial charge in [-0.2, -0.15) is 0 Å². The summed E-state index contributed by atoms with van der Waals surface area (Å²) >= 11 is 0. The van der Waals surface area contributed by atoms with E-state index in [0.717, 1.165) is 13.0 Å². The molecule has 0 aromatic heterocycles. The highest BCUT2D eigenvalue weighted by atomic mass is 32.2. The van der Waals surface area contributed by atoms with Gasteiger partial charge < -0.3 is 10.6 Å². The van der Waals surface area contributed by atoms with Crippen molar-refractivity contribution in [1.29, 1.82) is 0 Å². The minimum atomic E-state index is -3.51. The van der Waals surface area contributed by atoms with Crippen molar-refractivity contribution >= 4 is 15.7 Å². The van der Waals surface area contributed by atoms with Crippen molar-refractivity contribution in [2.45, 2.75) is 38.1 Å². The van der Waals surface area contributed by atoms with Crippen LogP contribution in [-0.2, 0) is 10.0 Å². The maximum Gasteiger partial charge on any atom is 0.241 e. The molecular formula is C14H25N3O2S. The molecule has 114 valence electrons. The number of hydrogen-bond acceptors (Lipinski definition) is 4. The summed E-state index contributed by atoms with van der Waals surface area (Å²) in [6, 6.07) is 3.26. The molecule has 20 heavy (non-hydrogen) atoms. The van der Waals surface area contributed by atoms with E-state index >= 15 is 0 Å². The molecule has 5 nitrogen and oxygen atoms in total. The van der Waals surface area contributed by atoms with Gasteiger partial charge in [0.25, 0.3) is 0 Å². The van der Waals surface area contributed by atoms with Gasteiger partial charge in [-0.3, -0.25) is 0 Å². The fourth-order valence-corrected chi connectivity index (χ4v) is 3.97. The highest BCUT2D eigenvalue weighted by Gasteiger charge is 2.22. The van der Waals surface area contributed by atoms with Crippen molar-refractivity contribution in [1.82, 2.24) is 9.62 Å². The minimum Gasteiger partial charge on any atom is -0.399 e. The van der Waals surface area contributed by atoms with Crippen LogP contribution in [0.5, 0.6) is 0 Å². The third-order valence-electron chi connectivity index (χ3n) is 3.12. The number of nitrogens with two attached hydrogens (primary N) is 1. The molecule has 1 rings (SSSR count). The number of benzene rings is 1. The van der Waals surface area contributed by atoms with Gasteiger partial charge in [-0.05, 0) is 71.1 Å². The fraction of sp³-hybridized carbons (Fsp3) is 0.571. The average molecular weight is 299 g/mol. The summed E-state index contributed by atoms with van der Waals surface area (Å²) in [7, 11) is 0.426. The molecular weight excluding hydrogens is 274 g/mol. The van der Waals surface area contributed by atoms with Crippen molar-refractivity contribution in [3.63, 3.8) is 0 Å². The fourth-order valence-electron chi connectivity index (χ4n) is 2.24. The molecule has 0 aliphatic carbocycles. The Morgan fingerprint density at radius 1 is 1.25 bits per heavy atom. The van der Waals surface area contributed by atoms with E-state index in [1.165, 1.54) is 0 Å². The van der Waals surface area contributed by atoms with Crippen LogP contribution in [0.25, 0.3) is 0 Å². The standard InChI is InChI=1S/C14H25N3O2S/c1-10-8-13(15)9-11(2)14(10)20(18,19)16-12(3)6-7-17(4)5/h8-9,12,16H,6-7,15H2,1-5H3. The summed E-state index contributed by atoms with van der Waals surface area (Å²) in [4.78, 5) is 2.37. The van der Waals surface area contributed by atoms with E-state index in [-0.39, 0.29) is 6.04 Å². The number of nitrogen functional groups attached to an aromatic ring is 1. The van der Waals surface area contributed by atoms with Crippen LogP contribution >= 0.6 is 0 Å². The predicted octanol–water partition coefficient (Wildman–Crippen LogP) is 1.50. The average Bonchev–Trinajstić information content (AvgIpc) is 2.23. The normalized spacial score (nSPS) is 13.7. The van der Waals surface area contributed by atoms with Gasteiger partial charge in [0.1, 0.15) is 0 Å². The van der Waals surface area contributed by atoms with E-state index < -0.39 is 10.0 Å². The highest BCUT2D eigenvalue weighted by molar-refractivity contribution is 7.89. The van der Waals surface area contributed by atoms with Crippen molar-refractivity contribution in [3.05, 3.63) is 23.3 Å². The van der Waals surface area contributed by atoms with Gasteiger partial charge >= 0.3 is 0 Å².